The van der Waals surface area contributed by atoms with Crippen molar-refractivity contribution < 1.29 is 31.2 Å². The van der Waals surface area contributed by atoms with Crippen molar-refractivity contribution in [2.45, 2.75) is 10.3 Å². The number of thiophene rings is 1. The van der Waals surface area contributed by atoms with Crippen LogP contribution in [0.1, 0.15) is 0 Å². The molecule has 10 nitrogen and oxygen atoms in total. The minimum Gasteiger partial charge on any atom is -0.289 e. The molecule has 2 aromatic rings. The highest BCUT2D eigenvalue weighted by molar-refractivity contribution is 7.91. The average molecular weight is 493 g/mol. The molecular weight excluding hydrogens is 471 g/mol. The Kier molecular flexibility index (Phi) is 6.81. The fraction of sp³-hybridized carbons (Fsp3) is 0.353. The molecular formula is C17H21FN4O6S3. The Morgan fingerprint density at radius 3 is 2.35 bits per heavy atom. The zero-order valence-electron chi connectivity index (χ0n) is 16.6. The Morgan fingerprint density at radius 1 is 1.13 bits per heavy atom. The van der Waals surface area contributed by atoms with Gasteiger partial charge in [0.15, 0.2) is 0 Å². The van der Waals surface area contributed by atoms with Crippen LogP contribution in [0.2, 0.25) is 0 Å². The number of hydrogen-bond donors (Lipinski definition) is 2. The number of nitrogens with zero attached hydrogens (tertiary/aromatic N) is 3. The molecule has 1 fully saturated rings. The number of benzene rings is 1. The van der Waals surface area contributed by atoms with Gasteiger partial charge in [-0.3, -0.25) is 10.0 Å². The number of hydrogen-bond acceptors (Lipinski definition) is 7. The Morgan fingerprint density at radius 2 is 1.77 bits per heavy atom. The monoisotopic (exact) mass is 492 g/mol. The van der Waals surface area contributed by atoms with E-state index in [1.54, 1.807) is 6.07 Å². The molecule has 2 heterocycles. The third-order valence-corrected chi connectivity index (χ3v) is 10.2. The summed E-state index contributed by atoms with van der Waals surface area (Å²) in [5.41, 5.74) is 2.04. The third kappa shape index (κ3) is 4.64. The summed E-state index contributed by atoms with van der Waals surface area (Å²) in [6, 6.07) is 7.03. The van der Waals surface area contributed by atoms with Crippen LogP contribution < -0.4 is 5.48 Å². The summed E-state index contributed by atoms with van der Waals surface area (Å²) in [7, 11) is -5.42. The van der Waals surface area contributed by atoms with Crippen LogP contribution in [0.15, 0.2) is 40.6 Å². The molecule has 1 aliphatic heterocycles. The molecule has 0 aliphatic carbocycles. The average Bonchev–Trinajstić information content (AvgIpc) is 3.24. The van der Waals surface area contributed by atoms with Gasteiger partial charge in [0.05, 0.1) is 0 Å². The van der Waals surface area contributed by atoms with E-state index in [4.69, 9.17) is 5.21 Å². The van der Waals surface area contributed by atoms with Crippen LogP contribution in [0, 0.1) is 5.82 Å². The van der Waals surface area contributed by atoms with Crippen molar-refractivity contribution in [3.05, 3.63) is 42.2 Å². The predicted octanol–water partition coefficient (Wildman–Crippen LogP) is 0.541. The van der Waals surface area contributed by atoms with Gasteiger partial charge in [-0.15, -0.1) is 11.3 Å². The van der Waals surface area contributed by atoms with Gasteiger partial charge >= 0.3 is 0 Å². The second-order valence-electron chi connectivity index (χ2n) is 6.88. The van der Waals surface area contributed by atoms with Gasteiger partial charge in [0.25, 0.3) is 26.1 Å². The lowest BCUT2D eigenvalue weighted by Gasteiger charge is -2.38. The van der Waals surface area contributed by atoms with Crippen LogP contribution in [0.5, 0.6) is 0 Å². The molecule has 14 heteroatoms. The lowest BCUT2D eigenvalue weighted by atomic mass is 10.2. The molecule has 3 rings (SSSR count). The van der Waals surface area contributed by atoms with E-state index < -0.39 is 44.5 Å². The van der Waals surface area contributed by atoms with Crippen LogP contribution in [-0.4, -0.2) is 80.6 Å². The predicted molar refractivity (Wildman–Crippen MR) is 112 cm³/mol. The molecule has 1 aromatic carbocycles. The quantitative estimate of drug-likeness (QED) is 0.448. The van der Waals surface area contributed by atoms with Crippen molar-refractivity contribution in [2.24, 2.45) is 0 Å². The van der Waals surface area contributed by atoms with Crippen molar-refractivity contribution in [1.29, 1.82) is 0 Å². The second-order valence-corrected chi connectivity index (χ2v) is 12.2. The standard InChI is InChI=1S/C17H21FN4O6S3/c1-20(2)31(27,28)21-9-10-22(14(11-21)17(23)19-24)30(25,26)16-8-7-15(29-16)12-3-5-13(18)6-4-12/h3-8,14,24H,9-11H2,1-2H3,(H,19,23)/t14-/m1/s1. The molecule has 1 atom stereocenters. The van der Waals surface area contributed by atoms with Gasteiger partial charge in [-0.05, 0) is 29.8 Å². The van der Waals surface area contributed by atoms with E-state index in [2.05, 4.69) is 0 Å². The minimum absolute atomic E-state index is 0.0634. The van der Waals surface area contributed by atoms with Crippen LogP contribution in [0.25, 0.3) is 10.4 Å². The molecule has 1 saturated heterocycles. The van der Waals surface area contributed by atoms with Crippen molar-refractivity contribution in [3.8, 4) is 10.4 Å². The minimum atomic E-state index is -4.18. The van der Waals surface area contributed by atoms with Gasteiger partial charge in [-0.1, -0.05) is 12.1 Å². The van der Waals surface area contributed by atoms with Crippen LogP contribution in [0.4, 0.5) is 4.39 Å². The number of amides is 1. The fourth-order valence-corrected chi connectivity index (χ4v) is 7.22. The van der Waals surface area contributed by atoms with E-state index in [-0.39, 0.29) is 17.3 Å². The number of carbonyl (C=O) groups is 1. The van der Waals surface area contributed by atoms with Crippen molar-refractivity contribution >= 4 is 37.5 Å². The summed E-state index contributed by atoms with van der Waals surface area (Å²) in [6.45, 7) is -0.898. The molecule has 170 valence electrons. The smallest absolute Gasteiger partial charge is 0.281 e. The molecule has 0 spiro atoms. The molecule has 0 unspecified atom stereocenters. The number of sulfonamides is 1. The van der Waals surface area contributed by atoms with Gasteiger partial charge < -0.3 is 0 Å². The molecule has 1 aliphatic rings. The van der Waals surface area contributed by atoms with Gasteiger partial charge in [-0.2, -0.15) is 21.3 Å². The molecule has 31 heavy (non-hydrogen) atoms. The number of rotatable bonds is 6. The van der Waals surface area contributed by atoms with Crippen molar-refractivity contribution in [2.75, 3.05) is 33.7 Å². The molecule has 0 saturated carbocycles. The Bertz CT molecular complexity index is 1160. The molecule has 1 amide bonds. The number of piperazine rings is 1. The Hall–Kier alpha value is -1.94. The summed E-state index contributed by atoms with van der Waals surface area (Å²) < 4.78 is 67.2. The molecule has 0 radical (unpaired) electrons. The van der Waals surface area contributed by atoms with Crippen LogP contribution >= 0.6 is 11.3 Å². The zero-order valence-corrected chi connectivity index (χ0v) is 19.0. The van der Waals surface area contributed by atoms with Gasteiger partial charge in [-0.25, -0.2) is 18.3 Å². The number of nitrogens with one attached hydrogen (secondary N) is 1. The normalized spacial score (nSPS) is 18.9. The zero-order chi connectivity index (χ0) is 23.0. The highest BCUT2D eigenvalue weighted by Gasteiger charge is 2.44. The lowest BCUT2D eigenvalue weighted by molar-refractivity contribution is -0.134. The topological polar surface area (TPSA) is 127 Å². The van der Waals surface area contributed by atoms with E-state index in [0.29, 0.717) is 10.4 Å². The largest absolute Gasteiger partial charge is 0.289 e. The first-order chi connectivity index (χ1) is 14.5. The fourth-order valence-electron chi connectivity index (χ4n) is 3.10. The van der Waals surface area contributed by atoms with Gasteiger partial charge in [0.1, 0.15) is 16.1 Å². The van der Waals surface area contributed by atoms with Crippen LogP contribution in [0.3, 0.4) is 0 Å². The summed E-state index contributed by atoms with van der Waals surface area (Å²) >= 11 is 0.939. The van der Waals surface area contributed by atoms with E-state index in [1.165, 1.54) is 49.9 Å². The maximum atomic E-state index is 13.2. The first-order valence-electron chi connectivity index (χ1n) is 8.97. The van der Waals surface area contributed by atoms with E-state index >= 15 is 0 Å². The maximum absolute atomic E-state index is 13.2. The molecule has 0 bridgehead atoms. The summed E-state index contributed by atoms with van der Waals surface area (Å²) in [5.74, 6) is -1.46. The maximum Gasteiger partial charge on any atom is 0.281 e. The van der Waals surface area contributed by atoms with Crippen molar-refractivity contribution in [1.82, 2.24) is 18.4 Å². The summed E-state index contributed by atoms with van der Waals surface area (Å²) in [4.78, 5) is 12.8. The number of halogens is 1. The third-order valence-electron chi connectivity index (χ3n) is 4.77. The first-order valence-corrected chi connectivity index (χ1v) is 12.6. The number of carbonyl (C=O) groups excluding carboxylic acids is 1. The summed E-state index contributed by atoms with van der Waals surface area (Å²) in [6.07, 6.45) is 0. The second kappa shape index (κ2) is 8.90. The van der Waals surface area contributed by atoms with E-state index in [1.807, 2.05) is 0 Å². The Balaban J connectivity index is 1.92. The molecule has 1 aromatic heterocycles. The van der Waals surface area contributed by atoms with Gasteiger partial charge in [0, 0.05) is 38.6 Å². The van der Waals surface area contributed by atoms with Gasteiger partial charge in [0.2, 0.25) is 0 Å². The SMILES string of the molecule is CN(C)S(=O)(=O)N1CCN(S(=O)(=O)c2ccc(-c3ccc(F)cc3)s2)[C@@H](C(=O)NO)C1. The Labute approximate surface area is 183 Å². The lowest BCUT2D eigenvalue weighted by Crippen LogP contribution is -2.62. The number of hydroxylamine groups is 1. The summed E-state index contributed by atoms with van der Waals surface area (Å²) in [5, 5.41) is 9.09. The first kappa shape index (κ1) is 23.7. The van der Waals surface area contributed by atoms with E-state index in [9.17, 15) is 26.0 Å². The molecule has 2 N–H and O–H groups in total. The van der Waals surface area contributed by atoms with Crippen LogP contribution in [-0.2, 0) is 25.0 Å². The highest BCUT2D eigenvalue weighted by Crippen LogP contribution is 2.34. The highest BCUT2D eigenvalue weighted by atomic mass is 32.2. The van der Waals surface area contributed by atoms with Crippen molar-refractivity contribution in [3.63, 3.8) is 0 Å². The van der Waals surface area contributed by atoms with E-state index in [0.717, 1.165) is 24.3 Å².